The second-order valence-electron chi connectivity index (χ2n) is 7.09. The molecule has 28 heavy (non-hydrogen) atoms. The summed E-state index contributed by atoms with van der Waals surface area (Å²) in [5.41, 5.74) is 3.40. The van der Waals surface area contributed by atoms with Gasteiger partial charge < -0.3 is 4.90 Å². The van der Waals surface area contributed by atoms with Crippen LogP contribution in [0, 0.1) is 12.7 Å². The predicted molar refractivity (Wildman–Crippen MR) is 106 cm³/mol. The first-order chi connectivity index (χ1) is 13.6. The predicted octanol–water partition coefficient (Wildman–Crippen LogP) is 3.28. The molecule has 0 N–H and O–H groups in total. The largest absolute Gasteiger partial charge is 0.336 e. The van der Waals surface area contributed by atoms with Crippen LogP contribution in [-0.2, 0) is 6.54 Å². The molecule has 2 heterocycles. The number of hydrogen-bond donors (Lipinski definition) is 0. The molecule has 1 aromatic heterocycles. The molecule has 0 aliphatic carbocycles. The minimum Gasteiger partial charge on any atom is -0.336 e. The quantitative estimate of drug-likeness (QED) is 0.700. The topological polar surface area (TPSA) is 41.4 Å². The zero-order valence-electron chi connectivity index (χ0n) is 15.9. The molecule has 1 aliphatic heterocycles. The van der Waals surface area contributed by atoms with Gasteiger partial charge >= 0.3 is 0 Å². The van der Waals surface area contributed by atoms with Crippen LogP contribution in [0.15, 0.2) is 60.8 Å². The zero-order chi connectivity index (χ0) is 19.5. The number of hydrogen-bond acceptors (Lipinski definition) is 3. The van der Waals surface area contributed by atoms with Crippen LogP contribution in [0.2, 0.25) is 0 Å². The van der Waals surface area contributed by atoms with E-state index in [9.17, 15) is 9.18 Å². The molecule has 0 unspecified atom stereocenters. The van der Waals surface area contributed by atoms with Crippen molar-refractivity contribution in [2.24, 2.45) is 0 Å². The van der Waals surface area contributed by atoms with Gasteiger partial charge in [-0.3, -0.25) is 9.69 Å². The van der Waals surface area contributed by atoms with E-state index in [-0.39, 0.29) is 11.7 Å². The smallest absolute Gasteiger partial charge is 0.257 e. The van der Waals surface area contributed by atoms with Gasteiger partial charge in [-0.15, -0.1) is 0 Å². The van der Waals surface area contributed by atoms with Crippen molar-refractivity contribution in [3.63, 3.8) is 0 Å². The molecule has 6 heteroatoms. The molecule has 1 amide bonds. The van der Waals surface area contributed by atoms with E-state index in [1.54, 1.807) is 23.0 Å². The van der Waals surface area contributed by atoms with Gasteiger partial charge in [0.25, 0.3) is 5.91 Å². The normalized spacial score (nSPS) is 15.0. The fourth-order valence-corrected chi connectivity index (χ4v) is 3.58. The van der Waals surface area contributed by atoms with E-state index < -0.39 is 0 Å². The van der Waals surface area contributed by atoms with Crippen molar-refractivity contribution >= 4 is 5.91 Å². The lowest BCUT2D eigenvalue weighted by Gasteiger charge is -2.34. The van der Waals surface area contributed by atoms with E-state index in [0.717, 1.165) is 31.0 Å². The maximum absolute atomic E-state index is 13.2. The van der Waals surface area contributed by atoms with E-state index in [4.69, 9.17) is 0 Å². The highest BCUT2D eigenvalue weighted by molar-refractivity contribution is 5.95. The number of halogens is 1. The molecule has 1 saturated heterocycles. The number of aromatic nitrogens is 2. The standard InChI is InChI=1S/C22H23FN4O/c1-17-21(15-24-27(17)20-9-7-19(23)8-10-20)22(28)26-13-11-25(12-14-26)16-18-5-3-2-4-6-18/h2-10,15H,11-14,16H2,1H3. The molecule has 3 aromatic rings. The number of carbonyl (C=O) groups excluding carboxylic acids is 1. The Balaban J connectivity index is 1.41. The zero-order valence-corrected chi connectivity index (χ0v) is 15.9. The first-order valence-corrected chi connectivity index (χ1v) is 9.48. The molecule has 0 bridgehead atoms. The minimum atomic E-state index is -0.293. The third-order valence-electron chi connectivity index (χ3n) is 5.22. The van der Waals surface area contributed by atoms with E-state index in [0.29, 0.717) is 18.7 Å². The molecule has 0 radical (unpaired) electrons. The summed E-state index contributed by atoms with van der Waals surface area (Å²) in [4.78, 5) is 17.2. The SMILES string of the molecule is Cc1c(C(=O)N2CCN(Cc3ccccc3)CC2)cnn1-c1ccc(F)cc1. The van der Waals surface area contributed by atoms with Gasteiger partial charge in [0, 0.05) is 32.7 Å². The van der Waals surface area contributed by atoms with Gasteiger partial charge in [0.05, 0.1) is 23.1 Å². The Labute approximate surface area is 164 Å². The third-order valence-corrected chi connectivity index (χ3v) is 5.22. The van der Waals surface area contributed by atoms with Crippen LogP contribution in [0.5, 0.6) is 0 Å². The number of amides is 1. The molecule has 0 spiro atoms. The van der Waals surface area contributed by atoms with Gasteiger partial charge in [-0.2, -0.15) is 5.10 Å². The van der Waals surface area contributed by atoms with E-state index in [1.807, 2.05) is 17.9 Å². The highest BCUT2D eigenvalue weighted by atomic mass is 19.1. The van der Waals surface area contributed by atoms with Gasteiger partial charge in [0.2, 0.25) is 0 Å². The fourth-order valence-electron chi connectivity index (χ4n) is 3.58. The summed E-state index contributed by atoms with van der Waals surface area (Å²) >= 11 is 0. The van der Waals surface area contributed by atoms with Gasteiger partial charge in [-0.1, -0.05) is 30.3 Å². The van der Waals surface area contributed by atoms with Gasteiger partial charge in [-0.25, -0.2) is 9.07 Å². The molecule has 1 fully saturated rings. The molecule has 2 aromatic carbocycles. The highest BCUT2D eigenvalue weighted by Crippen LogP contribution is 2.18. The van der Waals surface area contributed by atoms with Crippen LogP contribution in [0.1, 0.15) is 21.6 Å². The third kappa shape index (κ3) is 3.82. The van der Waals surface area contributed by atoms with Gasteiger partial charge in [0.15, 0.2) is 0 Å². The first kappa shape index (κ1) is 18.4. The summed E-state index contributed by atoms with van der Waals surface area (Å²) < 4.78 is 14.8. The summed E-state index contributed by atoms with van der Waals surface area (Å²) in [6.45, 7) is 5.89. The van der Waals surface area contributed by atoms with Crippen LogP contribution in [0.3, 0.4) is 0 Å². The Hall–Kier alpha value is -2.99. The van der Waals surface area contributed by atoms with Crippen molar-refractivity contribution in [2.45, 2.75) is 13.5 Å². The Kier molecular flexibility index (Phi) is 5.21. The molecule has 4 rings (SSSR count). The molecule has 5 nitrogen and oxygen atoms in total. The van der Waals surface area contributed by atoms with Gasteiger partial charge in [-0.05, 0) is 36.8 Å². The molecular formula is C22H23FN4O. The van der Waals surface area contributed by atoms with Crippen molar-refractivity contribution in [3.05, 3.63) is 83.4 Å². The molecule has 0 atom stereocenters. The molecule has 0 saturated carbocycles. The Morgan fingerprint density at radius 1 is 1.00 bits per heavy atom. The van der Waals surface area contributed by atoms with Crippen LogP contribution in [-0.4, -0.2) is 51.7 Å². The number of carbonyl (C=O) groups is 1. The number of nitrogens with zero attached hydrogens (tertiary/aromatic N) is 4. The summed E-state index contributed by atoms with van der Waals surface area (Å²) in [6, 6.07) is 16.5. The number of benzene rings is 2. The van der Waals surface area contributed by atoms with Crippen LogP contribution in [0.4, 0.5) is 4.39 Å². The minimum absolute atomic E-state index is 0.00484. The summed E-state index contributed by atoms with van der Waals surface area (Å²) in [5, 5.41) is 4.34. The Bertz CT molecular complexity index is 944. The molecular weight excluding hydrogens is 355 g/mol. The lowest BCUT2D eigenvalue weighted by atomic mass is 10.1. The summed E-state index contributed by atoms with van der Waals surface area (Å²) in [6.07, 6.45) is 1.61. The van der Waals surface area contributed by atoms with Crippen molar-refractivity contribution in [3.8, 4) is 5.69 Å². The van der Waals surface area contributed by atoms with Gasteiger partial charge in [0.1, 0.15) is 5.82 Å². The lowest BCUT2D eigenvalue weighted by molar-refractivity contribution is 0.0627. The monoisotopic (exact) mass is 378 g/mol. The Morgan fingerprint density at radius 3 is 2.36 bits per heavy atom. The maximum Gasteiger partial charge on any atom is 0.257 e. The van der Waals surface area contributed by atoms with E-state index in [2.05, 4.69) is 34.3 Å². The summed E-state index contributed by atoms with van der Waals surface area (Å²) in [7, 11) is 0. The van der Waals surface area contributed by atoms with Crippen molar-refractivity contribution in [1.29, 1.82) is 0 Å². The van der Waals surface area contributed by atoms with Crippen LogP contribution >= 0.6 is 0 Å². The number of piperazine rings is 1. The Morgan fingerprint density at radius 2 is 1.68 bits per heavy atom. The fraction of sp³-hybridized carbons (Fsp3) is 0.273. The van der Waals surface area contributed by atoms with Crippen molar-refractivity contribution in [2.75, 3.05) is 26.2 Å². The number of rotatable bonds is 4. The molecule has 1 aliphatic rings. The van der Waals surface area contributed by atoms with Crippen LogP contribution in [0.25, 0.3) is 5.69 Å². The van der Waals surface area contributed by atoms with Crippen molar-refractivity contribution in [1.82, 2.24) is 19.6 Å². The average molecular weight is 378 g/mol. The second-order valence-corrected chi connectivity index (χ2v) is 7.09. The van der Waals surface area contributed by atoms with E-state index in [1.165, 1.54) is 17.7 Å². The van der Waals surface area contributed by atoms with Crippen LogP contribution < -0.4 is 0 Å². The summed E-state index contributed by atoms with van der Waals surface area (Å²) in [5.74, 6) is -0.288. The maximum atomic E-state index is 13.2. The van der Waals surface area contributed by atoms with E-state index >= 15 is 0 Å². The molecule has 144 valence electrons. The first-order valence-electron chi connectivity index (χ1n) is 9.48. The lowest BCUT2D eigenvalue weighted by Crippen LogP contribution is -2.48. The van der Waals surface area contributed by atoms with Crippen molar-refractivity contribution < 1.29 is 9.18 Å². The second kappa shape index (κ2) is 7.94. The average Bonchev–Trinajstić information content (AvgIpc) is 3.11. The highest BCUT2D eigenvalue weighted by Gasteiger charge is 2.25.